The van der Waals surface area contributed by atoms with Crippen LogP contribution in [0.25, 0.3) is 0 Å². The van der Waals surface area contributed by atoms with Gasteiger partial charge in [-0.15, -0.1) is 0 Å². The molecule has 1 amide bonds. The number of hydrogen-bond acceptors (Lipinski definition) is 6. The fourth-order valence-corrected chi connectivity index (χ4v) is 3.96. The van der Waals surface area contributed by atoms with Gasteiger partial charge in [-0.1, -0.05) is 15.9 Å². The number of nitrogens with one attached hydrogen (secondary N) is 1. The highest BCUT2D eigenvalue weighted by atomic mass is 79.9. The Morgan fingerprint density at radius 1 is 1.31 bits per heavy atom. The minimum atomic E-state index is -3.96. The highest BCUT2D eigenvalue weighted by Gasteiger charge is 2.44. The number of nitriles is 1. The molecule has 0 bridgehead atoms. The quantitative estimate of drug-likeness (QED) is 0.602. The van der Waals surface area contributed by atoms with Crippen molar-refractivity contribution in [2.45, 2.75) is 56.4 Å². The van der Waals surface area contributed by atoms with E-state index in [4.69, 9.17) is 4.74 Å². The third-order valence-corrected chi connectivity index (χ3v) is 6.83. The summed E-state index contributed by atoms with van der Waals surface area (Å²) in [6.45, 7) is 5.58. The van der Waals surface area contributed by atoms with Crippen LogP contribution < -0.4 is 5.32 Å². The zero-order chi connectivity index (χ0) is 22.7. The Morgan fingerprint density at radius 2 is 1.90 bits per heavy atom. The average molecular weight is 493 g/mol. The number of sulfone groups is 1. The van der Waals surface area contributed by atoms with Crippen LogP contribution in [0.2, 0.25) is 0 Å². The second-order valence-corrected chi connectivity index (χ2v) is 11.4. The largest absolute Gasteiger partial charge is 0.444 e. The molecule has 10 heteroatoms. The van der Waals surface area contributed by atoms with E-state index in [0.29, 0.717) is 4.47 Å². The van der Waals surface area contributed by atoms with E-state index in [0.717, 1.165) is 6.26 Å². The molecule has 0 saturated heterocycles. The number of aliphatic hydroxyl groups is 1. The molecule has 0 fully saturated rings. The zero-order valence-corrected chi connectivity index (χ0v) is 19.4. The molecule has 0 radical (unpaired) electrons. The van der Waals surface area contributed by atoms with Gasteiger partial charge in [0, 0.05) is 16.3 Å². The molecular formula is C19H26BrFN2O5S. The minimum Gasteiger partial charge on any atom is -0.444 e. The molecule has 1 aromatic rings. The number of halogens is 2. The first-order valence-electron chi connectivity index (χ1n) is 8.77. The van der Waals surface area contributed by atoms with E-state index in [2.05, 4.69) is 21.2 Å². The first-order valence-corrected chi connectivity index (χ1v) is 11.5. The van der Waals surface area contributed by atoms with Crippen molar-refractivity contribution in [3.05, 3.63) is 34.1 Å². The summed E-state index contributed by atoms with van der Waals surface area (Å²) >= 11 is 3.25. The maximum absolute atomic E-state index is 14.6. The van der Waals surface area contributed by atoms with Gasteiger partial charge in [0.2, 0.25) is 0 Å². The minimum absolute atomic E-state index is 0.0796. The Kier molecular flexibility index (Phi) is 7.84. The second-order valence-electron chi connectivity index (χ2n) is 8.12. The van der Waals surface area contributed by atoms with Crippen LogP contribution >= 0.6 is 15.9 Å². The van der Waals surface area contributed by atoms with Crippen LogP contribution in [0.15, 0.2) is 22.7 Å². The molecule has 0 aromatic heterocycles. The number of carbonyl (C=O) groups is 1. The molecule has 0 heterocycles. The fourth-order valence-electron chi connectivity index (χ4n) is 2.72. The summed E-state index contributed by atoms with van der Waals surface area (Å²) < 4.78 is 42.6. The van der Waals surface area contributed by atoms with Gasteiger partial charge in [-0.05, 0) is 58.7 Å². The van der Waals surface area contributed by atoms with Crippen LogP contribution in [0.5, 0.6) is 0 Å². The van der Waals surface area contributed by atoms with Crippen LogP contribution in [-0.4, -0.2) is 42.8 Å². The van der Waals surface area contributed by atoms with Crippen molar-refractivity contribution in [1.29, 1.82) is 5.26 Å². The Hall–Kier alpha value is -1.70. The highest BCUT2D eigenvalue weighted by Crippen LogP contribution is 2.35. The van der Waals surface area contributed by atoms with E-state index in [1.165, 1.54) is 25.1 Å². The maximum Gasteiger partial charge on any atom is 0.408 e. The number of benzene rings is 1. The average Bonchev–Trinajstić information content (AvgIpc) is 2.55. The van der Waals surface area contributed by atoms with Gasteiger partial charge in [0.1, 0.15) is 11.4 Å². The topological polar surface area (TPSA) is 116 Å². The van der Waals surface area contributed by atoms with Gasteiger partial charge in [0.15, 0.2) is 14.6 Å². The molecule has 0 saturated carbocycles. The lowest BCUT2D eigenvalue weighted by atomic mass is 9.84. The van der Waals surface area contributed by atoms with Crippen molar-refractivity contribution in [3.63, 3.8) is 0 Å². The summed E-state index contributed by atoms with van der Waals surface area (Å²) in [6.07, 6.45) is -0.465. The SMILES string of the molecule is CC(C)(C)OC(=O)N[C@@](C)(CCC(C#N)(CO)S(C)(=O)=O)c1cc(Br)ccc1F. The summed E-state index contributed by atoms with van der Waals surface area (Å²) in [5.41, 5.74) is -2.15. The smallest absolute Gasteiger partial charge is 0.408 e. The first-order chi connectivity index (χ1) is 13.1. The predicted octanol–water partition coefficient (Wildman–Crippen LogP) is 3.41. The predicted molar refractivity (Wildman–Crippen MR) is 110 cm³/mol. The molecule has 2 atom stereocenters. The lowest BCUT2D eigenvalue weighted by Gasteiger charge is -2.35. The van der Waals surface area contributed by atoms with E-state index in [9.17, 15) is 28.0 Å². The Bertz CT molecular complexity index is 910. The maximum atomic E-state index is 14.6. The number of hydrogen-bond donors (Lipinski definition) is 2. The molecule has 1 rings (SSSR count). The fraction of sp³-hybridized carbons (Fsp3) is 0.579. The normalized spacial score (nSPS) is 16.2. The van der Waals surface area contributed by atoms with Crippen molar-refractivity contribution >= 4 is 31.9 Å². The third kappa shape index (κ3) is 6.39. The van der Waals surface area contributed by atoms with E-state index in [-0.39, 0.29) is 18.4 Å². The van der Waals surface area contributed by atoms with Gasteiger partial charge in [0.05, 0.1) is 18.2 Å². The molecule has 162 valence electrons. The molecule has 1 unspecified atom stereocenters. The number of nitrogens with zero attached hydrogens (tertiary/aromatic N) is 1. The van der Waals surface area contributed by atoms with Crippen LogP contribution in [-0.2, 0) is 20.1 Å². The molecular weight excluding hydrogens is 467 g/mol. The molecule has 1 aromatic carbocycles. The second kappa shape index (κ2) is 8.98. The van der Waals surface area contributed by atoms with Gasteiger partial charge in [-0.25, -0.2) is 17.6 Å². The van der Waals surface area contributed by atoms with Gasteiger partial charge >= 0.3 is 6.09 Å². The molecule has 7 nitrogen and oxygen atoms in total. The summed E-state index contributed by atoms with van der Waals surface area (Å²) in [6, 6.07) is 5.81. The van der Waals surface area contributed by atoms with E-state index in [1.807, 2.05) is 0 Å². The summed E-state index contributed by atoms with van der Waals surface area (Å²) in [5.74, 6) is -0.627. The van der Waals surface area contributed by atoms with Crippen LogP contribution in [0.1, 0.15) is 46.1 Å². The Balaban J connectivity index is 3.40. The van der Waals surface area contributed by atoms with Crippen molar-refractivity contribution in [2.75, 3.05) is 12.9 Å². The number of alkyl carbamates (subject to hydrolysis) is 1. The number of ether oxygens (including phenoxy) is 1. The number of carbonyl (C=O) groups excluding carboxylic acids is 1. The van der Waals surface area contributed by atoms with Gasteiger partial charge in [0.25, 0.3) is 0 Å². The summed E-state index contributed by atoms with van der Waals surface area (Å²) in [7, 11) is -3.96. The molecule has 0 aliphatic heterocycles. The summed E-state index contributed by atoms with van der Waals surface area (Å²) in [4.78, 5) is 12.4. The number of aliphatic hydroxyl groups excluding tert-OH is 1. The van der Waals surface area contributed by atoms with Gasteiger partial charge in [-0.3, -0.25) is 0 Å². The van der Waals surface area contributed by atoms with Crippen LogP contribution in [0.4, 0.5) is 9.18 Å². The molecule has 0 aliphatic rings. The van der Waals surface area contributed by atoms with E-state index >= 15 is 0 Å². The lowest BCUT2D eigenvalue weighted by molar-refractivity contribution is 0.0450. The summed E-state index contributed by atoms with van der Waals surface area (Å²) in [5, 5.41) is 21.6. The van der Waals surface area contributed by atoms with Gasteiger partial charge < -0.3 is 15.2 Å². The van der Waals surface area contributed by atoms with Crippen LogP contribution in [0.3, 0.4) is 0 Å². The highest BCUT2D eigenvalue weighted by molar-refractivity contribution is 9.10. The van der Waals surface area contributed by atoms with E-state index < -0.39 is 44.2 Å². The number of rotatable bonds is 7. The Labute approximate surface area is 179 Å². The Morgan fingerprint density at radius 3 is 2.34 bits per heavy atom. The number of amides is 1. The molecule has 2 N–H and O–H groups in total. The zero-order valence-electron chi connectivity index (χ0n) is 17.0. The van der Waals surface area contributed by atoms with Gasteiger partial charge in [-0.2, -0.15) is 5.26 Å². The monoisotopic (exact) mass is 492 g/mol. The molecule has 0 spiro atoms. The first kappa shape index (κ1) is 25.3. The molecule has 0 aliphatic carbocycles. The third-order valence-electron chi connectivity index (χ3n) is 4.50. The molecule has 29 heavy (non-hydrogen) atoms. The van der Waals surface area contributed by atoms with E-state index in [1.54, 1.807) is 26.8 Å². The lowest BCUT2D eigenvalue weighted by Crippen LogP contribution is -2.49. The van der Waals surface area contributed by atoms with Crippen molar-refractivity contribution in [2.24, 2.45) is 0 Å². The standard InChI is InChI=1S/C19H26BrFN2O5S/c1-17(2,3)28-16(25)23-18(4,14-10-13(20)6-7-15(14)21)8-9-19(11-22,12-24)29(5,26)27/h6-7,10,24H,8-9,12H2,1-5H3,(H,23,25)/t18-,19?/m0/s1. The van der Waals surface area contributed by atoms with Crippen molar-refractivity contribution in [3.8, 4) is 6.07 Å². The van der Waals surface area contributed by atoms with Crippen LogP contribution in [0, 0.1) is 17.1 Å². The van der Waals surface area contributed by atoms with Crippen molar-refractivity contribution < 1.29 is 27.4 Å². The van der Waals surface area contributed by atoms with Crippen molar-refractivity contribution in [1.82, 2.24) is 5.32 Å².